The average Bonchev–Trinajstić information content (AvgIpc) is 2.70. The molecular weight excluding hydrogens is 425 g/mol. The van der Waals surface area contributed by atoms with Gasteiger partial charge in [0.25, 0.3) is 5.91 Å². The van der Waals surface area contributed by atoms with Crippen LogP contribution in [0.25, 0.3) is 6.08 Å². The van der Waals surface area contributed by atoms with Crippen LogP contribution in [0.1, 0.15) is 55.4 Å². The number of hydrogen-bond donors (Lipinski definition) is 1. The Bertz CT molecular complexity index is 1160. The number of aryl methyl sites for hydroxylation is 4. The molecule has 6 heteroatoms. The van der Waals surface area contributed by atoms with E-state index in [9.17, 15) is 18.0 Å². The van der Waals surface area contributed by atoms with Crippen molar-refractivity contribution < 1.29 is 18.0 Å². The van der Waals surface area contributed by atoms with E-state index in [1.165, 1.54) is 12.2 Å². The van der Waals surface area contributed by atoms with E-state index in [4.69, 9.17) is 0 Å². The fourth-order valence-corrected chi connectivity index (χ4v) is 3.81. The van der Waals surface area contributed by atoms with Gasteiger partial charge in [0.05, 0.1) is 18.2 Å². The monoisotopic (exact) mass is 452 g/mol. The molecule has 0 spiro atoms. The van der Waals surface area contributed by atoms with Gasteiger partial charge in [0.15, 0.2) is 0 Å². The van der Waals surface area contributed by atoms with Crippen molar-refractivity contribution in [3.8, 4) is 0 Å². The molecule has 33 heavy (non-hydrogen) atoms. The van der Waals surface area contributed by atoms with Crippen LogP contribution >= 0.6 is 0 Å². The number of benzene rings is 2. The summed E-state index contributed by atoms with van der Waals surface area (Å²) in [6.07, 6.45) is -0.0851. The van der Waals surface area contributed by atoms with Crippen molar-refractivity contribution in [3.05, 3.63) is 105 Å². The molecule has 0 radical (unpaired) electrons. The van der Waals surface area contributed by atoms with Gasteiger partial charge in [-0.15, -0.1) is 0 Å². The van der Waals surface area contributed by atoms with Gasteiger partial charge in [0.1, 0.15) is 0 Å². The van der Waals surface area contributed by atoms with Crippen LogP contribution in [-0.4, -0.2) is 17.1 Å². The molecule has 2 aromatic carbocycles. The van der Waals surface area contributed by atoms with E-state index >= 15 is 0 Å². The largest absolute Gasteiger partial charge is 0.399 e. The second-order valence-corrected chi connectivity index (χ2v) is 8.38. The molecule has 1 N–H and O–H groups in total. The van der Waals surface area contributed by atoms with E-state index in [1.54, 1.807) is 57.3 Å². The number of hydrogen-bond acceptors (Lipinski definition) is 2. The lowest BCUT2D eigenvalue weighted by molar-refractivity contribution is -0.139. The van der Waals surface area contributed by atoms with Gasteiger partial charge in [-0.05, 0) is 68.1 Å². The highest BCUT2D eigenvalue weighted by Gasteiger charge is 2.39. The number of pyridine rings is 1. The fraction of sp³-hybridized carbons (Fsp3) is 0.259. The molecule has 0 aliphatic heterocycles. The van der Waals surface area contributed by atoms with Crippen LogP contribution in [0.2, 0.25) is 0 Å². The highest BCUT2D eigenvalue weighted by Crippen LogP contribution is 2.37. The molecule has 3 nitrogen and oxygen atoms in total. The fourth-order valence-electron chi connectivity index (χ4n) is 3.81. The predicted octanol–water partition coefficient (Wildman–Crippen LogP) is 6.60. The number of aromatic nitrogens is 1. The van der Waals surface area contributed by atoms with Crippen LogP contribution in [0.4, 0.5) is 13.2 Å². The van der Waals surface area contributed by atoms with E-state index in [-0.39, 0.29) is 11.5 Å². The minimum absolute atomic E-state index is 0.216. The van der Waals surface area contributed by atoms with Gasteiger partial charge in [0, 0.05) is 11.8 Å². The Morgan fingerprint density at radius 3 is 2.27 bits per heavy atom. The second-order valence-electron chi connectivity index (χ2n) is 8.38. The lowest BCUT2D eigenvalue weighted by Gasteiger charge is -2.18. The van der Waals surface area contributed by atoms with Crippen LogP contribution in [0.15, 0.2) is 60.8 Å². The summed E-state index contributed by atoms with van der Waals surface area (Å²) >= 11 is 0. The van der Waals surface area contributed by atoms with E-state index < -0.39 is 12.1 Å². The first-order valence-electron chi connectivity index (χ1n) is 10.7. The van der Waals surface area contributed by atoms with E-state index in [0.29, 0.717) is 23.2 Å². The maximum absolute atomic E-state index is 13.8. The van der Waals surface area contributed by atoms with Crippen LogP contribution in [-0.2, 0) is 6.54 Å². The van der Waals surface area contributed by atoms with E-state index in [1.807, 2.05) is 25.1 Å². The minimum atomic E-state index is -4.41. The van der Waals surface area contributed by atoms with Gasteiger partial charge in [-0.25, -0.2) is 0 Å². The van der Waals surface area contributed by atoms with Crippen LogP contribution in [0.3, 0.4) is 0 Å². The molecule has 1 aromatic heterocycles. The van der Waals surface area contributed by atoms with Crippen molar-refractivity contribution in [1.29, 1.82) is 0 Å². The Balaban J connectivity index is 1.77. The summed E-state index contributed by atoms with van der Waals surface area (Å²) < 4.78 is 41.3. The summed E-state index contributed by atoms with van der Waals surface area (Å²) in [7, 11) is 0. The predicted molar refractivity (Wildman–Crippen MR) is 125 cm³/mol. The smallest absolute Gasteiger partial charge is 0.346 e. The maximum Gasteiger partial charge on any atom is 0.399 e. The van der Waals surface area contributed by atoms with Crippen molar-refractivity contribution in [2.24, 2.45) is 0 Å². The average molecular weight is 453 g/mol. The van der Waals surface area contributed by atoms with Gasteiger partial charge < -0.3 is 5.32 Å². The summed E-state index contributed by atoms with van der Waals surface area (Å²) in [5, 5.41) is 2.84. The first-order chi connectivity index (χ1) is 15.5. The SMILES string of the molecule is Cc1cc(C)cc(C(/C=C/c2ccc(C(=O)NCc3cc(C)ccn3)c(C)c2)C(F)(F)F)c1. The number of nitrogens with one attached hydrogen (secondary N) is 1. The van der Waals surface area contributed by atoms with Gasteiger partial charge in [-0.1, -0.05) is 53.6 Å². The zero-order valence-corrected chi connectivity index (χ0v) is 19.1. The molecule has 0 saturated heterocycles. The lowest BCUT2D eigenvalue weighted by atomic mass is 9.93. The third-order valence-corrected chi connectivity index (χ3v) is 5.33. The molecule has 0 aliphatic rings. The van der Waals surface area contributed by atoms with Crippen molar-refractivity contribution in [3.63, 3.8) is 0 Å². The molecule has 1 amide bonds. The topological polar surface area (TPSA) is 42.0 Å². The van der Waals surface area contributed by atoms with Crippen molar-refractivity contribution in [2.75, 3.05) is 0 Å². The summed E-state index contributed by atoms with van der Waals surface area (Å²) in [6.45, 7) is 7.59. The summed E-state index contributed by atoms with van der Waals surface area (Å²) in [5.41, 5.74) is 5.36. The van der Waals surface area contributed by atoms with Crippen molar-refractivity contribution in [1.82, 2.24) is 10.3 Å². The second kappa shape index (κ2) is 10.0. The molecule has 1 heterocycles. The summed E-state index contributed by atoms with van der Waals surface area (Å²) in [5.74, 6) is -1.96. The molecule has 0 aliphatic carbocycles. The minimum Gasteiger partial charge on any atom is -0.346 e. The Labute approximate surface area is 192 Å². The molecule has 0 saturated carbocycles. The number of rotatable bonds is 6. The third-order valence-electron chi connectivity index (χ3n) is 5.33. The van der Waals surface area contributed by atoms with Crippen LogP contribution in [0, 0.1) is 27.7 Å². The summed E-state index contributed by atoms with van der Waals surface area (Å²) in [4.78, 5) is 16.8. The maximum atomic E-state index is 13.8. The quantitative estimate of drug-likeness (QED) is 0.458. The number of carbonyl (C=O) groups is 1. The van der Waals surface area contributed by atoms with Gasteiger partial charge >= 0.3 is 6.18 Å². The molecule has 1 atom stereocenters. The highest BCUT2D eigenvalue weighted by molar-refractivity contribution is 5.95. The number of allylic oxidation sites excluding steroid dienone is 1. The number of carbonyl (C=O) groups excluding carboxylic acids is 1. The number of nitrogens with zero attached hydrogens (tertiary/aromatic N) is 1. The molecule has 172 valence electrons. The van der Waals surface area contributed by atoms with E-state index in [0.717, 1.165) is 22.4 Å². The molecule has 0 fully saturated rings. The molecule has 0 bridgehead atoms. The van der Waals surface area contributed by atoms with Gasteiger partial charge in [0.2, 0.25) is 0 Å². The first-order valence-corrected chi connectivity index (χ1v) is 10.7. The number of alkyl halides is 3. The van der Waals surface area contributed by atoms with Crippen molar-refractivity contribution in [2.45, 2.75) is 46.3 Å². The normalized spacial score (nSPS) is 12.7. The zero-order valence-electron chi connectivity index (χ0n) is 19.1. The van der Waals surface area contributed by atoms with Gasteiger partial charge in [-0.2, -0.15) is 13.2 Å². The lowest BCUT2D eigenvalue weighted by Crippen LogP contribution is -2.24. The first kappa shape index (κ1) is 24.2. The number of halogens is 3. The van der Waals surface area contributed by atoms with Crippen LogP contribution < -0.4 is 5.32 Å². The summed E-state index contributed by atoms with van der Waals surface area (Å²) in [6, 6.07) is 13.8. The Hall–Kier alpha value is -3.41. The Morgan fingerprint density at radius 2 is 1.67 bits per heavy atom. The Morgan fingerprint density at radius 1 is 0.970 bits per heavy atom. The molecule has 3 rings (SSSR count). The van der Waals surface area contributed by atoms with E-state index in [2.05, 4.69) is 10.3 Å². The molecule has 3 aromatic rings. The van der Waals surface area contributed by atoms with Gasteiger partial charge in [-0.3, -0.25) is 9.78 Å². The van der Waals surface area contributed by atoms with Crippen molar-refractivity contribution >= 4 is 12.0 Å². The van der Waals surface area contributed by atoms with Crippen LogP contribution in [0.5, 0.6) is 0 Å². The zero-order chi connectivity index (χ0) is 24.2. The third kappa shape index (κ3) is 6.54. The molecular formula is C27H27F3N2O. The Kier molecular flexibility index (Phi) is 7.36. The standard InChI is InChI=1S/C27H27F3N2O/c1-17-9-10-31-23(14-17)16-32-26(33)24-7-5-21(15-20(24)4)6-8-25(27(28,29)30)22-12-18(2)11-19(3)13-22/h5-15,25H,16H2,1-4H3,(H,32,33)/b8-6+. The molecule has 1 unspecified atom stereocenters. The number of amides is 1. The highest BCUT2D eigenvalue weighted by atomic mass is 19.4.